The Balaban J connectivity index is 1.40. The normalized spacial score (nSPS) is 19.6. The van der Waals surface area contributed by atoms with Gasteiger partial charge in [-0.05, 0) is 38.2 Å². The minimum absolute atomic E-state index is 0.285. The van der Waals surface area contributed by atoms with Crippen LogP contribution < -0.4 is 5.32 Å². The summed E-state index contributed by atoms with van der Waals surface area (Å²) in [4.78, 5) is 14.6. The Morgan fingerprint density at radius 1 is 1.24 bits per heavy atom. The van der Waals surface area contributed by atoms with Gasteiger partial charge in [0, 0.05) is 25.0 Å². The van der Waals surface area contributed by atoms with Crippen LogP contribution >= 0.6 is 0 Å². The molecule has 4 rings (SSSR count). The van der Waals surface area contributed by atoms with Crippen LogP contribution in [0.4, 0.5) is 5.69 Å². The van der Waals surface area contributed by atoms with Crippen LogP contribution in [0.5, 0.6) is 0 Å². The number of aryl methyl sites for hydroxylation is 1. The highest BCUT2D eigenvalue weighted by Gasteiger charge is 2.30. The van der Waals surface area contributed by atoms with Crippen molar-refractivity contribution in [1.82, 2.24) is 24.7 Å². The Morgan fingerprint density at radius 2 is 2.00 bits per heavy atom. The zero-order valence-corrected chi connectivity index (χ0v) is 14.8. The van der Waals surface area contributed by atoms with Crippen LogP contribution in [0.25, 0.3) is 5.65 Å². The van der Waals surface area contributed by atoms with E-state index in [1.54, 1.807) is 10.8 Å². The molecule has 7 heteroatoms. The molecule has 1 aliphatic carbocycles. The molecule has 1 aliphatic heterocycles. The number of carbonyl (C=O) groups excluding carboxylic acids is 1. The number of anilines is 1. The SMILES string of the molecule is CCc1cc(NC2CCN(C(=O)C3CCCC3)CC2)c2nncn2n1. The summed E-state index contributed by atoms with van der Waals surface area (Å²) >= 11 is 0. The van der Waals surface area contributed by atoms with E-state index in [1.807, 2.05) is 0 Å². The Labute approximate surface area is 147 Å². The van der Waals surface area contributed by atoms with Crippen LogP contribution in [0, 0.1) is 5.92 Å². The van der Waals surface area contributed by atoms with Crippen molar-refractivity contribution in [3.05, 3.63) is 18.1 Å². The van der Waals surface area contributed by atoms with E-state index in [-0.39, 0.29) is 5.92 Å². The lowest BCUT2D eigenvalue weighted by atomic mass is 10.0. The summed E-state index contributed by atoms with van der Waals surface area (Å²) in [6.45, 7) is 3.79. The zero-order chi connectivity index (χ0) is 17.2. The molecule has 2 aliphatic rings. The smallest absolute Gasteiger partial charge is 0.225 e. The lowest BCUT2D eigenvalue weighted by Gasteiger charge is -2.34. The average Bonchev–Trinajstić information content (AvgIpc) is 3.33. The highest BCUT2D eigenvalue weighted by atomic mass is 16.2. The summed E-state index contributed by atoms with van der Waals surface area (Å²) in [5.41, 5.74) is 2.77. The fraction of sp³-hybridized carbons (Fsp3) is 0.667. The zero-order valence-electron chi connectivity index (χ0n) is 14.8. The predicted molar refractivity (Wildman–Crippen MR) is 95.3 cm³/mol. The summed E-state index contributed by atoms with van der Waals surface area (Å²) < 4.78 is 1.74. The first-order chi connectivity index (χ1) is 12.2. The van der Waals surface area contributed by atoms with Gasteiger partial charge in [-0.1, -0.05) is 19.8 Å². The monoisotopic (exact) mass is 342 g/mol. The molecular weight excluding hydrogens is 316 g/mol. The molecule has 1 saturated carbocycles. The van der Waals surface area contributed by atoms with E-state index in [2.05, 4.69) is 38.5 Å². The number of carbonyl (C=O) groups is 1. The lowest BCUT2D eigenvalue weighted by molar-refractivity contribution is -0.136. The van der Waals surface area contributed by atoms with Gasteiger partial charge in [-0.2, -0.15) is 9.61 Å². The van der Waals surface area contributed by atoms with E-state index in [0.29, 0.717) is 11.9 Å². The molecule has 1 saturated heterocycles. The van der Waals surface area contributed by atoms with Crippen LogP contribution in [0.2, 0.25) is 0 Å². The van der Waals surface area contributed by atoms with Crippen molar-refractivity contribution >= 4 is 17.2 Å². The first kappa shape index (κ1) is 16.3. The predicted octanol–water partition coefficient (Wildman–Crippen LogP) is 2.28. The number of hydrogen-bond acceptors (Lipinski definition) is 5. The first-order valence-corrected chi connectivity index (χ1v) is 9.50. The van der Waals surface area contributed by atoms with E-state index in [4.69, 9.17) is 0 Å². The summed E-state index contributed by atoms with van der Waals surface area (Å²) in [5.74, 6) is 0.667. The second-order valence-electron chi connectivity index (χ2n) is 7.23. The van der Waals surface area contributed by atoms with Gasteiger partial charge >= 0.3 is 0 Å². The average molecular weight is 342 g/mol. The maximum atomic E-state index is 12.6. The maximum Gasteiger partial charge on any atom is 0.225 e. The molecule has 0 bridgehead atoms. The Bertz CT molecular complexity index is 743. The molecule has 0 spiro atoms. The second kappa shape index (κ2) is 6.98. The molecule has 1 N–H and O–H groups in total. The number of rotatable bonds is 4. The lowest BCUT2D eigenvalue weighted by Crippen LogP contribution is -2.44. The molecule has 3 heterocycles. The van der Waals surface area contributed by atoms with Gasteiger partial charge in [0.2, 0.25) is 11.6 Å². The Morgan fingerprint density at radius 3 is 2.72 bits per heavy atom. The number of nitrogens with zero attached hydrogens (tertiary/aromatic N) is 5. The third-order valence-electron chi connectivity index (χ3n) is 5.55. The van der Waals surface area contributed by atoms with Crippen molar-refractivity contribution < 1.29 is 4.79 Å². The minimum Gasteiger partial charge on any atom is -0.379 e. The van der Waals surface area contributed by atoms with Crippen molar-refractivity contribution in [2.24, 2.45) is 5.92 Å². The van der Waals surface area contributed by atoms with Gasteiger partial charge in [0.15, 0.2) is 0 Å². The fourth-order valence-corrected chi connectivity index (χ4v) is 4.05. The molecule has 25 heavy (non-hydrogen) atoms. The first-order valence-electron chi connectivity index (χ1n) is 9.50. The standard InChI is InChI=1S/C18H26N6O/c1-2-14-11-16(17-21-19-12-24(17)22-14)20-15-7-9-23(10-8-15)18(25)13-5-3-4-6-13/h11-13,15,20H,2-10H2,1H3. The molecule has 2 fully saturated rings. The van der Waals surface area contributed by atoms with Crippen molar-refractivity contribution in [2.45, 2.75) is 57.9 Å². The van der Waals surface area contributed by atoms with E-state index in [1.165, 1.54) is 12.8 Å². The molecule has 2 aromatic heterocycles. The van der Waals surface area contributed by atoms with Crippen molar-refractivity contribution in [1.29, 1.82) is 0 Å². The van der Waals surface area contributed by atoms with Gasteiger partial charge in [0.1, 0.15) is 6.33 Å². The van der Waals surface area contributed by atoms with Crippen LogP contribution in [-0.4, -0.2) is 49.7 Å². The van der Waals surface area contributed by atoms with Gasteiger partial charge in [-0.3, -0.25) is 4.79 Å². The summed E-state index contributed by atoms with van der Waals surface area (Å²) in [6, 6.07) is 2.43. The Kier molecular flexibility index (Phi) is 4.55. The van der Waals surface area contributed by atoms with Gasteiger partial charge in [-0.15, -0.1) is 10.2 Å². The van der Waals surface area contributed by atoms with Crippen molar-refractivity contribution in [3.8, 4) is 0 Å². The number of likely N-dealkylation sites (tertiary alicyclic amines) is 1. The third kappa shape index (κ3) is 3.32. The third-order valence-corrected chi connectivity index (χ3v) is 5.55. The molecule has 0 aromatic carbocycles. The van der Waals surface area contributed by atoms with Crippen LogP contribution in [0.3, 0.4) is 0 Å². The molecule has 2 aromatic rings. The maximum absolute atomic E-state index is 12.6. The molecule has 7 nitrogen and oxygen atoms in total. The van der Waals surface area contributed by atoms with Gasteiger partial charge in [0.05, 0.1) is 11.4 Å². The van der Waals surface area contributed by atoms with E-state index in [0.717, 1.165) is 62.2 Å². The number of aromatic nitrogens is 4. The van der Waals surface area contributed by atoms with Gasteiger partial charge in [0.25, 0.3) is 0 Å². The van der Waals surface area contributed by atoms with Crippen molar-refractivity contribution in [3.63, 3.8) is 0 Å². The highest BCUT2D eigenvalue weighted by molar-refractivity contribution is 5.79. The second-order valence-corrected chi connectivity index (χ2v) is 7.23. The summed E-state index contributed by atoms with van der Waals surface area (Å²) in [7, 11) is 0. The summed E-state index contributed by atoms with van der Waals surface area (Å²) in [5, 5.41) is 16.2. The van der Waals surface area contributed by atoms with E-state index < -0.39 is 0 Å². The van der Waals surface area contributed by atoms with E-state index >= 15 is 0 Å². The number of fused-ring (bicyclic) bond motifs is 1. The molecular formula is C18H26N6O. The van der Waals surface area contributed by atoms with Crippen LogP contribution in [-0.2, 0) is 11.2 Å². The number of hydrogen-bond donors (Lipinski definition) is 1. The van der Waals surface area contributed by atoms with Gasteiger partial charge in [-0.25, -0.2) is 0 Å². The molecule has 0 atom stereocenters. The highest BCUT2D eigenvalue weighted by Crippen LogP contribution is 2.28. The van der Waals surface area contributed by atoms with E-state index in [9.17, 15) is 4.79 Å². The van der Waals surface area contributed by atoms with Gasteiger partial charge < -0.3 is 10.2 Å². The largest absolute Gasteiger partial charge is 0.379 e. The minimum atomic E-state index is 0.285. The fourth-order valence-electron chi connectivity index (χ4n) is 4.05. The Hall–Kier alpha value is -2.18. The van der Waals surface area contributed by atoms with Crippen LogP contribution in [0.15, 0.2) is 12.4 Å². The molecule has 1 amide bonds. The molecule has 0 unspecified atom stereocenters. The van der Waals surface area contributed by atoms with Crippen LogP contribution in [0.1, 0.15) is 51.1 Å². The molecule has 0 radical (unpaired) electrons. The molecule has 134 valence electrons. The quantitative estimate of drug-likeness (QED) is 0.922. The topological polar surface area (TPSA) is 75.4 Å². The number of nitrogens with one attached hydrogen (secondary N) is 1. The number of piperidine rings is 1. The number of amides is 1. The summed E-state index contributed by atoms with van der Waals surface area (Å²) in [6.07, 6.45) is 9.05. The van der Waals surface area contributed by atoms with Crippen molar-refractivity contribution in [2.75, 3.05) is 18.4 Å².